The van der Waals surface area contributed by atoms with Gasteiger partial charge in [-0.25, -0.2) is 4.79 Å². The predicted molar refractivity (Wildman–Crippen MR) is 107 cm³/mol. The maximum atomic E-state index is 12.7. The second-order valence-electron chi connectivity index (χ2n) is 7.39. The van der Waals surface area contributed by atoms with Crippen LogP contribution in [-0.4, -0.2) is 36.1 Å². The molecule has 6 heteroatoms. The number of nitrogens with one attached hydrogen (secondary N) is 1. The predicted octanol–water partition coefficient (Wildman–Crippen LogP) is 3.18. The van der Waals surface area contributed by atoms with Gasteiger partial charge in [-0.15, -0.1) is 0 Å². The second-order valence-corrected chi connectivity index (χ2v) is 7.39. The Hall–Kier alpha value is -2.89. The van der Waals surface area contributed by atoms with Gasteiger partial charge in [0.25, 0.3) is 0 Å². The average molecular weight is 385 g/mol. The molecular formula is C22H27NO5. The van der Waals surface area contributed by atoms with Crippen LogP contribution in [0.2, 0.25) is 0 Å². The Morgan fingerprint density at radius 2 is 1.75 bits per heavy atom. The second kappa shape index (κ2) is 9.88. The van der Waals surface area contributed by atoms with Crippen LogP contribution in [0.5, 0.6) is 0 Å². The van der Waals surface area contributed by atoms with Crippen LogP contribution < -0.4 is 5.32 Å². The van der Waals surface area contributed by atoms with Crippen molar-refractivity contribution in [1.82, 2.24) is 5.32 Å². The molecule has 1 unspecified atom stereocenters. The van der Waals surface area contributed by atoms with Crippen molar-refractivity contribution in [2.75, 3.05) is 7.11 Å². The molecule has 2 atom stereocenters. The van der Waals surface area contributed by atoms with Crippen LogP contribution in [0.15, 0.2) is 42.5 Å². The van der Waals surface area contributed by atoms with Crippen molar-refractivity contribution in [3.63, 3.8) is 0 Å². The molecule has 0 radical (unpaired) electrons. The fourth-order valence-electron chi connectivity index (χ4n) is 3.23. The molecule has 0 fully saturated rings. The van der Waals surface area contributed by atoms with Gasteiger partial charge in [0.05, 0.1) is 13.5 Å². The third-order valence-electron chi connectivity index (χ3n) is 4.64. The number of carbonyl (C=O) groups excluding carboxylic acids is 2. The smallest absolute Gasteiger partial charge is 0.326 e. The van der Waals surface area contributed by atoms with Gasteiger partial charge < -0.3 is 15.2 Å². The summed E-state index contributed by atoms with van der Waals surface area (Å²) in [7, 11) is 1.27. The number of rotatable bonds is 9. The van der Waals surface area contributed by atoms with Crippen molar-refractivity contribution in [3.8, 4) is 0 Å². The molecule has 1 amide bonds. The van der Waals surface area contributed by atoms with E-state index in [1.165, 1.54) is 7.11 Å². The fraction of sp³-hybridized carbons (Fsp3) is 0.409. The zero-order valence-corrected chi connectivity index (χ0v) is 16.5. The molecule has 0 bridgehead atoms. The Kier molecular flexibility index (Phi) is 7.55. The number of carbonyl (C=O) groups is 3. The topological polar surface area (TPSA) is 92.7 Å². The van der Waals surface area contributed by atoms with Crippen molar-refractivity contribution in [2.45, 2.75) is 39.2 Å². The number of carboxylic acids is 1. The molecule has 0 aliphatic rings. The Labute approximate surface area is 164 Å². The highest BCUT2D eigenvalue weighted by atomic mass is 16.5. The van der Waals surface area contributed by atoms with E-state index in [2.05, 4.69) is 10.1 Å². The maximum absolute atomic E-state index is 12.7. The van der Waals surface area contributed by atoms with Gasteiger partial charge in [0, 0.05) is 12.3 Å². The zero-order chi connectivity index (χ0) is 20.7. The number of esters is 1. The van der Waals surface area contributed by atoms with E-state index in [1.54, 1.807) is 0 Å². The van der Waals surface area contributed by atoms with Crippen LogP contribution in [0.25, 0.3) is 10.8 Å². The van der Waals surface area contributed by atoms with Gasteiger partial charge in [-0.3, -0.25) is 9.59 Å². The normalized spacial score (nSPS) is 13.1. The number of benzene rings is 2. The Bertz CT molecular complexity index is 846. The Morgan fingerprint density at radius 1 is 1.07 bits per heavy atom. The van der Waals surface area contributed by atoms with Gasteiger partial charge in [-0.1, -0.05) is 56.3 Å². The largest absolute Gasteiger partial charge is 0.480 e. The summed E-state index contributed by atoms with van der Waals surface area (Å²) in [6.45, 7) is 3.89. The standard InChI is InChI=1S/C22H27NO5/c1-14(2)10-18(13-20(24)28-3)21(25)23-19(22(26)27)12-15-8-9-16-6-4-5-7-17(16)11-15/h4-9,11,14,18-19H,10,12-13H2,1-3H3,(H,23,25)(H,26,27)/t18?,19-/m0/s1. The van der Waals surface area contributed by atoms with Crippen molar-refractivity contribution in [2.24, 2.45) is 11.8 Å². The minimum absolute atomic E-state index is 0.0666. The van der Waals surface area contributed by atoms with Crippen LogP contribution in [0.3, 0.4) is 0 Å². The minimum atomic E-state index is -1.11. The van der Waals surface area contributed by atoms with Gasteiger partial charge in [-0.2, -0.15) is 0 Å². The number of amides is 1. The van der Waals surface area contributed by atoms with Gasteiger partial charge in [0.1, 0.15) is 6.04 Å². The lowest BCUT2D eigenvalue weighted by Gasteiger charge is -2.21. The number of ether oxygens (including phenoxy) is 1. The van der Waals surface area contributed by atoms with E-state index in [9.17, 15) is 19.5 Å². The number of fused-ring (bicyclic) bond motifs is 1. The first-order valence-corrected chi connectivity index (χ1v) is 9.37. The van der Waals surface area contributed by atoms with Crippen LogP contribution in [-0.2, 0) is 25.5 Å². The third kappa shape index (κ3) is 6.08. The highest BCUT2D eigenvalue weighted by Gasteiger charge is 2.28. The van der Waals surface area contributed by atoms with E-state index in [0.29, 0.717) is 6.42 Å². The van der Waals surface area contributed by atoms with Crippen molar-refractivity contribution >= 4 is 28.6 Å². The highest BCUT2D eigenvalue weighted by Crippen LogP contribution is 2.19. The molecule has 28 heavy (non-hydrogen) atoms. The number of carboxylic acid groups (broad SMARTS) is 1. The first-order chi connectivity index (χ1) is 13.3. The molecule has 0 aliphatic carbocycles. The summed E-state index contributed by atoms with van der Waals surface area (Å²) in [6.07, 6.45) is 0.574. The Balaban J connectivity index is 2.13. The summed E-state index contributed by atoms with van der Waals surface area (Å²) < 4.78 is 4.67. The molecule has 150 valence electrons. The van der Waals surface area contributed by atoms with Crippen LogP contribution in [0, 0.1) is 11.8 Å². The first-order valence-electron chi connectivity index (χ1n) is 9.37. The van der Waals surface area contributed by atoms with E-state index in [4.69, 9.17) is 0 Å². The van der Waals surface area contributed by atoms with Gasteiger partial charge in [-0.05, 0) is 28.7 Å². The number of methoxy groups -OCH3 is 1. The van der Waals surface area contributed by atoms with Gasteiger partial charge in [0.2, 0.25) is 5.91 Å². The lowest BCUT2D eigenvalue weighted by Crippen LogP contribution is -2.45. The first kappa shape index (κ1) is 21.4. The van der Waals surface area contributed by atoms with Crippen molar-refractivity contribution < 1.29 is 24.2 Å². The lowest BCUT2D eigenvalue weighted by molar-refractivity contribution is -0.145. The molecule has 2 aromatic carbocycles. The third-order valence-corrected chi connectivity index (χ3v) is 4.64. The van der Waals surface area contributed by atoms with E-state index in [-0.39, 0.29) is 18.8 Å². The average Bonchev–Trinajstić information content (AvgIpc) is 2.66. The number of hydrogen-bond acceptors (Lipinski definition) is 4. The SMILES string of the molecule is COC(=O)CC(CC(C)C)C(=O)N[C@@H](Cc1ccc2ccccc2c1)C(=O)O. The summed E-state index contributed by atoms with van der Waals surface area (Å²) in [5.41, 5.74) is 0.819. The summed E-state index contributed by atoms with van der Waals surface area (Å²) >= 11 is 0. The Morgan fingerprint density at radius 3 is 2.36 bits per heavy atom. The minimum Gasteiger partial charge on any atom is -0.480 e. The molecule has 6 nitrogen and oxygen atoms in total. The molecule has 0 spiro atoms. The van der Waals surface area contributed by atoms with E-state index in [1.807, 2.05) is 56.3 Å². The molecular weight excluding hydrogens is 358 g/mol. The van der Waals surface area contributed by atoms with Crippen LogP contribution in [0.4, 0.5) is 0 Å². The zero-order valence-electron chi connectivity index (χ0n) is 16.5. The monoisotopic (exact) mass is 385 g/mol. The molecule has 0 saturated carbocycles. The van der Waals surface area contributed by atoms with Crippen LogP contribution in [0.1, 0.15) is 32.3 Å². The van der Waals surface area contributed by atoms with E-state index >= 15 is 0 Å². The quantitative estimate of drug-likeness (QED) is 0.647. The van der Waals surface area contributed by atoms with E-state index in [0.717, 1.165) is 16.3 Å². The number of hydrogen-bond donors (Lipinski definition) is 2. The molecule has 0 aromatic heterocycles. The molecule has 0 heterocycles. The van der Waals surface area contributed by atoms with Gasteiger partial charge in [0.15, 0.2) is 0 Å². The van der Waals surface area contributed by atoms with Crippen LogP contribution >= 0.6 is 0 Å². The maximum Gasteiger partial charge on any atom is 0.326 e. The molecule has 2 rings (SSSR count). The van der Waals surface area contributed by atoms with Gasteiger partial charge >= 0.3 is 11.9 Å². The fourth-order valence-corrected chi connectivity index (χ4v) is 3.23. The summed E-state index contributed by atoms with van der Waals surface area (Å²) in [6, 6.07) is 12.5. The highest BCUT2D eigenvalue weighted by molar-refractivity contribution is 5.88. The molecule has 0 aliphatic heterocycles. The van der Waals surface area contributed by atoms with E-state index < -0.39 is 29.8 Å². The summed E-state index contributed by atoms with van der Waals surface area (Å²) in [4.78, 5) is 36.0. The number of aliphatic carboxylic acids is 1. The molecule has 2 aromatic rings. The lowest BCUT2D eigenvalue weighted by atomic mass is 9.92. The molecule has 2 N–H and O–H groups in total. The van der Waals surface area contributed by atoms with Crippen molar-refractivity contribution in [1.29, 1.82) is 0 Å². The molecule has 0 saturated heterocycles. The summed E-state index contributed by atoms with van der Waals surface area (Å²) in [5, 5.41) is 14.3. The summed E-state index contributed by atoms with van der Waals surface area (Å²) in [5.74, 6) is -2.47. The van der Waals surface area contributed by atoms with Crippen molar-refractivity contribution in [3.05, 3.63) is 48.0 Å².